The average molecular weight is 355 g/mol. The molecule has 0 heterocycles. The molecular formula is C21H25NO4. The van der Waals surface area contributed by atoms with Crippen LogP contribution in [0.1, 0.15) is 42.3 Å². The molecule has 5 heteroatoms. The lowest BCUT2D eigenvalue weighted by Crippen LogP contribution is -2.28. The van der Waals surface area contributed by atoms with Crippen LogP contribution in [0.4, 0.5) is 5.69 Å². The summed E-state index contributed by atoms with van der Waals surface area (Å²) < 4.78 is 10.7. The lowest BCUT2D eigenvalue weighted by Gasteiger charge is -2.16. The number of esters is 1. The van der Waals surface area contributed by atoms with E-state index in [-0.39, 0.29) is 12.0 Å². The second-order valence-electron chi connectivity index (χ2n) is 6.54. The maximum Gasteiger partial charge on any atom is 0.347 e. The van der Waals surface area contributed by atoms with Crippen LogP contribution in [0, 0.1) is 13.8 Å². The van der Waals surface area contributed by atoms with Crippen molar-refractivity contribution in [2.75, 3.05) is 5.32 Å². The summed E-state index contributed by atoms with van der Waals surface area (Å²) in [5, 5.41) is 2.90. The SMILES string of the molecule is Cc1ccc(NC(=O)c2ccc(O[C@@H](C)C(=O)OC(C)C)cc2)c(C)c1. The molecule has 0 aliphatic heterocycles. The number of hydrogen-bond acceptors (Lipinski definition) is 4. The van der Waals surface area contributed by atoms with Gasteiger partial charge in [-0.1, -0.05) is 17.7 Å². The number of nitrogens with one attached hydrogen (secondary N) is 1. The van der Waals surface area contributed by atoms with Crippen LogP contribution in [-0.4, -0.2) is 24.1 Å². The molecule has 0 bridgehead atoms. The van der Waals surface area contributed by atoms with Crippen LogP contribution in [-0.2, 0) is 9.53 Å². The molecule has 5 nitrogen and oxygen atoms in total. The zero-order chi connectivity index (χ0) is 19.3. The highest BCUT2D eigenvalue weighted by atomic mass is 16.6. The summed E-state index contributed by atoms with van der Waals surface area (Å²) in [6.07, 6.45) is -0.905. The van der Waals surface area contributed by atoms with E-state index < -0.39 is 12.1 Å². The van der Waals surface area contributed by atoms with E-state index in [2.05, 4.69) is 5.32 Å². The van der Waals surface area contributed by atoms with Gasteiger partial charge in [-0.2, -0.15) is 0 Å². The van der Waals surface area contributed by atoms with Gasteiger partial charge >= 0.3 is 5.97 Å². The van der Waals surface area contributed by atoms with Gasteiger partial charge in [0.15, 0.2) is 6.10 Å². The van der Waals surface area contributed by atoms with Gasteiger partial charge in [-0.25, -0.2) is 4.79 Å². The van der Waals surface area contributed by atoms with Crippen LogP contribution in [0.15, 0.2) is 42.5 Å². The second-order valence-corrected chi connectivity index (χ2v) is 6.54. The summed E-state index contributed by atoms with van der Waals surface area (Å²) in [6, 6.07) is 12.5. The fourth-order valence-corrected chi connectivity index (χ4v) is 2.41. The molecule has 2 aromatic rings. The Hall–Kier alpha value is -2.82. The van der Waals surface area contributed by atoms with Crippen molar-refractivity contribution >= 4 is 17.6 Å². The summed E-state index contributed by atoms with van der Waals surface area (Å²) in [5.41, 5.74) is 3.45. The van der Waals surface area contributed by atoms with Crippen molar-refractivity contribution in [1.29, 1.82) is 0 Å². The third kappa shape index (κ3) is 5.34. The van der Waals surface area contributed by atoms with E-state index in [4.69, 9.17) is 9.47 Å². The number of aryl methyl sites for hydroxylation is 2. The monoisotopic (exact) mass is 355 g/mol. The fourth-order valence-electron chi connectivity index (χ4n) is 2.41. The lowest BCUT2D eigenvalue weighted by atomic mass is 10.1. The number of carbonyl (C=O) groups excluding carboxylic acids is 2. The number of benzene rings is 2. The molecule has 0 saturated heterocycles. The van der Waals surface area contributed by atoms with Crippen LogP contribution >= 0.6 is 0 Å². The van der Waals surface area contributed by atoms with Crippen LogP contribution in [0.2, 0.25) is 0 Å². The minimum atomic E-state index is -0.715. The van der Waals surface area contributed by atoms with E-state index in [1.54, 1.807) is 45.0 Å². The topological polar surface area (TPSA) is 64.6 Å². The van der Waals surface area contributed by atoms with E-state index in [1.807, 2.05) is 32.0 Å². The zero-order valence-corrected chi connectivity index (χ0v) is 15.8. The number of amides is 1. The van der Waals surface area contributed by atoms with Crippen LogP contribution < -0.4 is 10.1 Å². The van der Waals surface area contributed by atoms with Gasteiger partial charge in [0.2, 0.25) is 0 Å². The fraction of sp³-hybridized carbons (Fsp3) is 0.333. The Balaban J connectivity index is 2.00. The van der Waals surface area contributed by atoms with Gasteiger partial charge in [-0.05, 0) is 70.5 Å². The van der Waals surface area contributed by atoms with Crippen LogP contribution in [0.25, 0.3) is 0 Å². The molecule has 2 rings (SSSR count). The predicted molar refractivity (Wildman–Crippen MR) is 102 cm³/mol. The molecule has 0 spiro atoms. The second kappa shape index (κ2) is 8.52. The number of anilines is 1. The highest BCUT2D eigenvalue weighted by Crippen LogP contribution is 2.19. The van der Waals surface area contributed by atoms with Crippen LogP contribution in [0.5, 0.6) is 5.75 Å². The first-order valence-corrected chi connectivity index (χ1v) is 8.62. The molecule has 0 saturated carbocycles. The number of hydrogen-bond donors (Lipinski definition) is 1. The molecule has 1 N–H and O–H groups in total. The largest absolute Gasteiger partial charge is 0.479 e. The zero-order valence-electron chi connectivity index (χ0n) is 15.8. The van der Waals surface area contributed by atoms with Gasteiger partial charge in [0.05, 0.1) is 6.10 Å². The molecule has 2 aromatic carbocycles. The summed E-state index contributed by atoms with van der Waals surface area (Å²) in [5.74, 6) is -0.117. The lowest BCUT2D eigenvalue weighted by molar-refractivity contribution is -0.154. The minimum absolute atomic E-state index is 0.190. The Morgan fingerprint density at radius 2 is 1.62 bits per heavy atom. The molecule has 1 amide bonds. The van der Waals surface area contributed by atoms with Gasteiger partial charge in [-0.15, -0.1) is 0 Å². The third-order valence-corrected chi connectivity index (χ3v) is 3.74. The molecular weight excluding hydrogens is 330 g/mol. The van der Waals surface area contributed by atoms with E-state index in [0.29, 0.717) is 11.3 Å². The first-order chi connectivity index (χ1) is 12.3. The molecule has 0 aliphatic rings. The number of ether oxygens (including phenoxy) is 2. The van der Waals surface area contributed by atoms with Crippen molar-refractivity contribution in [1.82, 2.24) is 0 Å². The summed E-state index contributed by atoms with van der Waals surface area (Å²) in [6.45, 7) is 9.17. The molecule has 1 atom stereocenters. The van der Waals surface area contributed by atoms with E-state index in [1.165, 1.54) is 0 Å². The van der Waals surface area contributed by atoms with Gasteiger partial charge in [0.1, 0.15) is 5.75 Å². The molecule has 0 aliphatic carbocycles. The Labute approximate surface area is 154 Å². The maximum absolute atomic E-state index is 12.4. The van der Waals surface area contributed by atoms with E-state index in [0.717, 1.165) is 16.8 Å². The Kier molecular flexibility index (Phi) is 6.39. The van der Waals surface area contributed by atoms with Crippen molar-refractivity contribution < 1.29 is 19.1 Å². The average Bonchev–Trinajstić information content (AvgIpc) is 2.57. The summed E-state index contributed by atoms with van der Waals surface area (Å²) in [7, 11) is 0. The molecule has 0 fully saturated rings. The quantitative estimate of drug-likeness (QED) is 0.786. The molecule has 0 unspecified atom stereocenters. The maximum atomic E-state index is 12.4. The molecule has 0 radical (unpaired) electrons. The standard InChI is InChI=1S/C21H25NO4/c1-13(2)25-21(24)16(5)26-18-9-7-17(8-10-18)20(23)22-19-11-6-14(3)12-15(19)4/h6-13,16H,1-5H3,(H,22,23)/t16-/m0/s1. The molecule has 26 heavy (non-hydrogen) atoms. The van der Waals surface area contributed by atoms with Gasteiger partial charge in [-0.3, -0.25) is 4.79 Å². The van der Waals surface area contributed by atoms with Crippen molar-refractivity contribution in [3.8, 4) is 5.75 Å². The summed E-state index contributed by atoms with van der Waals surface area (Å²) >= 11 is 0. The van der Waals surface area contributed by atoms with Crippen molar-refractivity contribution in [3.63, 3.8) is 0 Å². The van der Waals surface area contributed by atoms with E-state index >= 15 is 0 Å². The highest BCUT2D eigenvalue weighted by molar-refractivity contribution is 6.04. The van der Waals surface area contributed by atoms with Crippen molar-refractivity contribution in [3.05, 3.63) is 59.2 Å². The smallest absolute Gasteiger partial charge is 0.347 e. The Bertz CT molecular complexity index is 781. The number of rotatable bonds is 6. The third-order valence-electron chi connectivity index (χ3n) is 3.74. The van der Waals surface area contributed by atoms with Gasteiger partial charge in [0.25, 0.3) is 5.91 Å². The van der Waals surface area contributed by atoms with E-state index in [9.17, 15) is 9.59 Å². The Morgan fingerprint density at radius 1 is 0.962 bits per heavy atom. The predicted octanol–water partition coefficient (Wildman–Crippen LogP) is 4.27. The Morgan fingerprint density at radius 3 is 2.19 bits per heavy atom. The van der Waals surface area contributed by atoms with Gasteiger partial charge < -0.3 is 14.8 Å². The highest BCUT2D eigenvalue weighted by Gasteiger charge is 2.17. The van der Waals surface area contributed by atoms with Crippen LogP contribution in [0.3, 0.4) is 0 Å². The number of carbonyl (C=O) groups is 2. The van der Waals surface area contributed by atoms with Gasteiger partial charge in [0, 0.05) is 11.3 Å². The first-order valence-electron chi connectivity index (χ1n) is 8.62. The normalized spacial score (nSPS) is 11.8. The molecule has 0 aromatic heterocycles. The van der Waals surface area contributed by atoms with Crippen molar-refractivity contribution in [2.45, 2.75) is 46.8 Å². The van der Waals surface area contributed by atoms with Crippen molar-refractivity contribution in [2.24, 2.45) is 0 Å². The summed E-state index contributed by atoms with van der Waals surface area (Å²) in [4.78, 5) is 24.2. The minimum Gasteiger partial charge on any atom is -0.479 e. The first kappa shape index (κ1) is 19.5. The molecule has 138 valence electrons.